The van der Waals surface area contributed by atoms with E-state index >= 15 is 0 Å². The van der Waals surface area contributed by atoms with Crippen molar-refractivity contribution in [3.8, 4) is 0 Å². The number of hydrogen-bond acceptors (Lipinski definition) is 3. The Balaban J connectivity index is 1.52. The van der Waals surface area contributed by atoms with Gasteiger partial charge in [-0.2, -0.15) is 5.10 Å². The van der Waals surface area contributed by atoms with Crippen LogP contribution in [0.3, 0.4) is 0 Å². The molecule has 0 aliphatic carbocycles. The highest BCUT2D eigenvalue weighted by Crippen LogP contribution is 2.24. The molecule has 4 rings (SSSR count). The van der Waals surface area contributed by atoms with Crippen molar-refractivity contribution in [2.75, 3.05) is 13.1 Å². The Bertz CT molecular complexity index is 1020. The average molecular weight is 407 g/mol. The van der Waals surface area contributed by atoms with Crippen LogP contribution in [0.1, 0.15) is 67.7 Å². The van der Waals surface area contributed by atoms with Gasteiger partial charge in [0.05, 0.1) is 36.3 Å². The molecule has 1 unspecified atom stereocenters. The Hall–Kier alpha value is -2.73. The summed E-state index contributed by atoms with van der Waals surface area (Å²) in [6.45, 7) is 11.4. The van der Waals surface area contributed by atoms with Gasteiger partial charge < -0.3 is 10.2 Å². The topological polar surface area (TPSA) is 64.2 Å². The van der Waals surface area contributed by atoms with Crippen LogP contribution in [0.5, 0.6) is 0 Å². The molecule has 158 valence electrons. The van der Waals surface area contributed by atoms with Gasteiger partial charge in [-0.1, -0.05) is 44.2 Å². The van der Waals surface area contributed by atoms with Gasteiger partial charge in [-0.3, -0.25) is 4.79 Å². The van der Waals surface area contributed by atoms with Crippen LogP contribution in [0.4, 0.5) is 0 Å². The summed E-state index contributed by atoms with van der Waals surface area (Å²) in [4.78, 5) is 19.6. The van der Waals surface area contributed by atoms with Crippen molar-refractivity contribution in [1.29, 1.82) is 0 Å². The second kappa shape index (κ2) is 8.56. The molecular weight excluding hydrogens is 374 g/mol. The van der Waals surface area contributed by atoms with Gasteiger partial charge in [-0.15, -0.1) is 0 Å². The molecule has 30 heavy (non-hydrogen) atoms. The maximum Gasteiger partial charge on any atom is 0.252 e. The molecule has 1 aliphatic heterocycles. The minimum absolute atomic E-state index is 0.0152. The van der Waals surface area contributed by atoms with E-state index in [0.29, 0.717) is 5.56 Å². The lowest BCUT2D eigenvalue weighted by Gasteiger charge is -2.15. The first-order chi connectivity index (χ1) is 14.4. The highest BCUT2D eigenvalue weighted by Gasteiger charge is 2.29. The Labute approximate surface area is 178 Å². The predicted molar refractivity (Wildman–Crippen MR) is 119 cm³/mol. The van der Waals surface area contributed by atoms with E-state index < -0.39 is 0 Å². The fourth-order valence-electron chi connectivity index (χ4n) is 4.26. The van der Waals surface area contributed by atoms with E-state index in [-0.39, 0.29) is 23.9 Å². The maximum atomic E-state index is 13.2. The molecule has 1 saturated heterocycles. The normalized spacial score (nSPS) is 19.1. The molecule has 0 bridgehead atoms. The van der Waals surface area contributed by atoms with Crippen molar-refractivity contribution >= 4 is 16.9 Å². The summed E-state index contributed by atoms with van der Waals surface area (Å²) in [6, 6.07) is 12.9. The van der Waals surface area contributed by atoms with E-state index in [1.165, 1.54) is 10.5 Å². The van der Waals surface area contributed by atoms with Gasteiger partial charge in [0.2, 0.25) is 0 Å². The van der Waals surface area contributed by atoms with Crippen LogP contribution >= 0.6 is 0 Å². The number of aromatic nitrogens is 3. The quantitative estimate of drug-likeness (QED) is 0.662. The molecule has 2 aromatic heterocycles. The third-order valence-electron chi connectivity index (χ3n) is 5.93. The minimum Gasteiger partial charge on any atom is -0.343 e. The molecule has 0 spiro atoms. The molecule has 2 atom stereocenters. The summed E-state index contributed by atoms with van der Waals surface area (Å²) in [5.74, 6) is 0.229. The van der Waals surface area contributed by atoms with Crippen LogP contribution < -0.4 is 10.2 Å². The summed E-state index contributed by atoms with van der Waals surface area (Å²) in [5, 5.41) is 8.61. The van der Waals surface area contributed by atoms with Crippen LogP contribution in [0.15, 0.2) is 42.6 Å². The largest absolute Gasteiger partial charge is 0.343 e. The summed E-state index contributed by atoms with van der Waals surface area (Å²) in [7, 11) is 0. The Morgan fingerprint density at radius 1 is 1.23 bits per heavy atom. The van der Waals surface area contributed by atoms with Crippen molar-refractivity contribution in [3.63, 3.8) is 0 Å². The first-order valence-electron chi connectivity index (χ1n) is 11.0. The second-order valence-corrected chi connectivity index (χ2v) is 9.00. The van der Waals surface area contributed by atoms with Gasteiger partial charge in [0.25, 0.3) is 5.91 Å². The lowest BCUT2D eigenvalue weighted by Crippen LogP contribution is -3.09. The van der Waals surface area contributed by atoms with Crippen LogP contribution in [-0.2, 0) is 6.54 Å². The highest BCUT2D eigenvalue weighted by atomic mass is 16.1. The number of nitrogens with one attached hydrogen (secondary N) is 2. The van der Waals surface area contributed by atoms with Crippen LogP contribution in [0, 0.1) is 0 Å². The van der Waals surface area contributed by atoms with Crippen molar-refractivity contribution in [3.05, 3.63) is 59.4 Å². The molecule has 1 aliphatic rings. The lowest BCUT2D eigenvalue weighted by atomic mass is 10.0. The summed E-state index contributed by atoms with van der Waals surface area (Å²) in [5.41, 5.74) is 3.76. The van der Waals surface area contributed by atoms with Crippen molar-refractivity contribution < 1.29 is 9.69 Å². The number of amides is 1. The number of quaternary nitrogens is 1. The number of carbonyl (C=O) groups excluding carboxylic acids is 1. The van der Waals surface area contributed by atoms with E-state index in [9.17, 15) is 4.79 Å². The number of nitrogens with zero attached hydrogens (tertiary/aromatic N) is 3. The summed E-state index contributed by atoms with van der Waals surface area (Å²) in [6.07, 6.45) is 2.79. The van der Waals surface area contributed by atoms with Gasteiger partial charge in [0.15, 0.2) is 5.65 Å². The highest BCUT2D eigenvalue weighted by molar-refractivity contribution is 6.05. The van der Waals surface area contributed by atoms with Crippen LogP contribution in [0.2, 0.25) is 0 Å². The number of pyridine rings is 1. The molecule has 2 N–H and O–H groups in total. The smallest absolute Gasteiger partial charge is 0.252 e. The van der Waals surface area contributed by atoms with Crippen LogP contribution in [-0.4, -0.2) is 39.8 Å². The molecule has 1 aromatic carbocycles. The number of likely N-dealkylation sites (tertiary alicyclic amines) is 1. The zero-order chi connectivity index (χ0) is 21.3. The van der Waals surface area contributed by atoms with Crippen LogP contribution in [0.25, 0.3) is 11.0 Å². The van der Waals surface area contributed by atoms with E-state index in [2.05, 4.69) is 62.4 Å². The number of benzene rings is 1. The summed E-state index contributed by atoms with van der Waals surface area (Å²) >= 11 is 0. The average Bonchev–Trinajstić information content (AvgIpc) is 3.34. The van der Waals surface area contributed by atoms with E-state index in [1.54, 1.807) is 6.20 Å². The third kappa shape index (κ3) is 4.24. The number of carbonyl (C=O) groups is 1. The van der Waals surface area contributed by atoms with E-state index in [0.717, 1.165) is 42.8 Å². The fourth-order valence-corrected chi connectivity index (χ4v) is 4.26. The van der Waals surface area contributed by atoms with Gasteiger partial charge >= 0.3 is 0 Å². The molecule has 3 heterocycles. The molecule has 1 fully saturated rings. The minimum atomic E-state index is -0.0152. The van der Waals surface area contributed by atoms with Crippen molar-refractivity contribution in [2.45, 2.75) is 58.7 Å². The molecular formula is C24H32N5O+. The lowest BCUT2D eigenvalue weighted by molar-refractivity contribution is -0.901. The molecule has 6 heteroatoms. The first kappa shape index (κ1) is 20.5. The maximum absolute atomic E-state index is 13.2. The SMILES string of the molecule is CC(C)c1cc(C(=O)N[C@@H]2CC[NH+](Cc3ccccc3)C2)c2cnn(C(C)C)c2n1. The van der Waals surface area contributed by atoms with Crippen molar-refractivity contribution in [1.82, 2.24) is 20.1 Å². The standard InChI is InChI=1S/C24H31N5O/c1-16(2)22-12-20(21-13-25-29(17(3)4)23(21)27-22)24(30)26-19-10-11-28(15-19)14-18-8-6-5-7-9-18/h5-9,12-13,16-17,19H,10-11,14-15H2,1-4H3,(H,26,30)/p+1/t19-/m1/s1. The van der Waals surface area contributed by atoms with Gasteiger partial charge in [0.1, 0.15) is 6.54 Å². The number of hydrogen-bond donors (Lipinski definition) is 2. The number of fused-ring (bicyclic) bond motifs is 1. The monoisotopic (exact) mass is 406 g/mol. The number of rotatable bonds is 6. The van der Waals surface area contributed by atoms with Gasteiger partial charge in [-0.25, -0.2) is 9.67 Å². The Kier molecular flexibility index (Phi) is 5.86. The Morgan fingerprint density at radius 3 is 2.70 bits per heavy atom. The van der Waals surface area contributed by atoms with Gasteiger partial charge in [-0.05, 0) is 25.8 Å². The molecule has 6 nitrogen and oxygen atoms in total. The predicted octanol–water partition coefficient (Wildman–Crippen LogP) is 2.72. The van der Waals surface area contributed by atoms with Gasteiger partial charge in [0, 0.05) is 23.7 Å². The summed E-state index contributed by atoms with van der Waals surface area (Å²) < 4.78 is 1.90. The fraction of sp³-hybridized carbons (Fsp3) is 0.458. The van der Waals surface area contributed by atoms with E-state index in [4.69, 9.17) is 4.98 Å². The zero-order valence-corrected chi connectivity index (χ0v) is 18.4. The molecule has 1 amide bonds. The van der Waals surface area contributed by atoms with Crippen molar-refractivity contribution in [2.24, 2.45) is 0 Å². The van der Waals surface area contributed by atoms with E-state index in [1.807, 2.05) is 16.8 Å². The first-order valence-corrected chi connectivity index (χ1v) is 11.0. The molecule has 0 radical (unpaired) electrons. The zero-order valence-electron chi connectivity index (χ0n) is 18.4. The Morgan fingerprint density at radius 2 is 2.00 bits per heavy atom. The molecule has 3 aromatic rings. The second-order valence-electron chi connectivity index (χ2n) is 9.00. The third-order valence-corrected chi connectivity index (χ3v) is 5.93. The molecule has 0 saturated carbocycles.